The molecule has 0 radical (unpaired) electrons. The summed E-state index contributed by atoms with van der Waals surface area (Å²) in [6, 6.07) is 0. The van der Waals surface area contributed by atoms with Crippen LogP contribution in [-0.4, -0.2) is 20.0 Å². The standard InChI is InChI=1S/C14H22O2/c1-3-14(16-12-15-2)11-7-10-13-8-5-4-6-9-13/h1,10,14H,4-9,11-12H2,2H3. The van der Waals surface area contributed by atoms with Crippen LogP contribution in [0.25, 0.3) is 0 Å². The Morgan fingerprint density at radius 2 is 2.12 bits per heavy atom. The molecule has 0 aromatic carbocycles. The van der Waals surface area contributed by atoms with Gasteiger partial charge in [0.1, 0.15) is 12.9 Å². The summed E-state index contributed by atoms with van der Waals surface area (Å²) in [6.45, 7) is 0.283. The molecule has 1 aliphatic carbocycles. The molecule has 1 aliphatic rings. The molecule has 0 spiro atoms. The van der Waals surface area contributed by atoms with E-state index in [2.05, 4.69) is 12.0 Å². The lowest BCUT2D eigenvalue weighted by atomic mass is 9.94. The van der Waals surface area contributed by atoms with E-state index in [1.54, 1.807) is 12.7 Å². The van der Waals surface area contributed by atoms with Crippen molar-refractivity contribution < 1.29 is 9.47 Å². The van der Waals surface area contributed by atoms with Gasteiger partial charge >= 0.3 is 0 Å². The van der Waals surface area contributed by atoms with Gasteiger partial charge in [0.25, 0.3) is 0 Å². The van der Waals surface area contributed by atoms with Crippen LogP contribution >= 0.6 is 0 Å². The second-order valence-electron chi connectivity index (χ2n) is 4.23. The van der Waals surface area contributed by atoms with Crippen molar-refractivity contribution in [3.8, 4) is 12.3 Å². The first-order valence-corrected chi connectivity index (χ1v) is 6.11. The summed E-state index contributed by atoms with van der Waals surface area (Å²) in [4.78, 5) is 0. The molecular formula is C14H22O2. The molecule has 0 bridgehead atoms. The number of rotatable bonds is 6. The first-order valence-electron chi connectivity index (χ1n) is 6.11. The van der Waals surface area contributed by atoms with Crippen molar-refractivity contribution in [1.82, 2.24) is 0 Å². The van der Waals surface area contributed by atoms with Gasteiger partial charge in [-0.1, -0.05) is 24.0 Å². The molecule has 0 amide bonds. The van der Waals surface area contributed by atoms with Gasteiger partial charge in [0, 0.05) is 7.11 Å². The first kappa shape index (κ1) is 13.3. The van der Waals surface area contributed by atoms with Crippen molar-refractivity contribution in [1.29, 1.82) is 0 Å². The number of methoxy groups -OCH3 is 1. The maximum atomic E-state index is 5.38. The average molecular weight is 222 g/mol. The zero-order valence-corrected chi connectivity index (χ0v) is 10.2. The summed E-state index contributed by atoms with van der Waals surface area (Å²) < 4.78 is 10.2. The molecular weight excluding hydrogens is 200 g/mol. The van der Waals surface area contributed by atoms with Crippen LogP contribution in [0.15, 0.2) is 11.6 Å². The summed E-state index contributed by atoms with van der Waals surface area (Å²) >= 11 is 0. The van der Waals surface area contributed by atoms with Crippen molar-refractivity contribution in [3.05, 3.63) is 11.6 Å². The molecule has 16 heavy (non-hydrogen) atoms. The lowest BCUT2D eigenvalue weighted by molar-refractivity contribution is -0.0539. The zero-order chi connectivity index (χ0) is 11.6. The summed E-state index contributed by atoms with van der Waals surface area (Å²) in [5, 5.41) is 0. The normalized spacial score (nSPS) is 17.9. The summed E-state index contributed by atoms with van der Waals surface area (Å²) in [5.41, 5.74) is 1.61. The molecule has 1 saturated carbocycles. The molecule has 0 heterocycles. The second kappa shape index (κ2) is 8.38. The highest BCUT2D eigenvalue weighted by molar-refractivity contribution is 5.05. The number of terminal acetylenes is 1. The van der Waals surface area contributed by atoms with Gasteiger partial charge in [0.05, 0.1) is 0 Å². The Morgan fingerprint density at radius 1 is 1.38 bits per heavy atom. The van der Waals surface area contributed by atoms with Crippen LogP contribution in [0.2, 0.25) is 0 Å². The molecule has 0 aromatic heterocycles. The lowest BCUT2D eigenvalue weighted by Gasteiger charge is -2.14. The smallest absolute Gasteiger partial charge is 0.148 e. The predicted octanol–water partition coefficient (Wildman–Crippen LogP) is 3.28. The van der Waals surface area contributed by atoms with Crippen LogP contribution in [0, 0.1) is 12.3 Å². The Bertz CT molecular complexity index is 242. The molecule has 0 saturated heterocycles. The van der Waals surface area contributed by atoms with Crippen molar-refractivity contribution in [2.45, 2.75) is 51.0 Å². The van der Waals surface area contributed by atoms with Crippen LogP contribution in [0.1, 0.15) is 44.9 Å². The fraction of sp³-hybridized carbons (Fsp3) is 0.714. The fourth-order valence-corrected chi connectivity index (χ4v) is 2.01. The van der Waals surface area contributed by atoms with E-state index in [0.717, 1.165) is 12.8 Å². The average Bonchev–Trinajstić information content (AvgIpc) is 2.35. The third-order valence-electron chi connectivity index (χ3n) is 2.93. The minimum absolute atomic E-state index is 0.111. The van der Waals surface area contributed by atoms with E-state index < -0.39 is 0 Å². The molecule has 90 valence electrons. The van der Waals surface area contributed by atoms with Crippen molar-refractivity contribution >= 4 is 0 Å². The molecule has 1 rings (SSSR count). The minimum Gasteiger partial charge on any atom is -0.359 e. The van der Waals surface area contributed by atoms with E-state index in [1.807, 2.05) is 0 Å². The van der Waals surface area contributed by atoms with Gasteiger partial charge in [-0.3, -0.25) is 0 Å². The molecule has 0 aromatic rings. The quantitative estimate of drug-likeness (QED) is 0.390. The largest absolute Gasteiger partial charge is 0.359 e. The van der Waals surface area contributed by atoms with Gasteiger partial charge in [-0.05, 0) is 38.5 Å². The van der Waals surface area contributed by atoms with E-state index in [9.17, 15) is 0 Å². The van der Waals surface area contributed by atoms with Gasteiger partial charge in [-0.15, -0.1) is 6.42 Å². The van der Waals surface area contributed by atoms with Crippen molar-refractivity contribution in [2.75, 3.05) is 13.9 Å². The second-order valence-corrected chi connectivity index (χ2v) is 4.23. The highest BCUT2D eigenvalue weighted by atomic mass is 16.7. The summed E-state index contributed by atoms with van der Waals surface area (Å²) in [6.07, 6.45) is 16.2. The third kappa shape index (κ3) is 5.34. The molecule has 1 fully saturated rings. The molecule has 2 heteroatoms. The van der Waals surface area contributed by atoms with E-state index in [0.29, 0.717) is 0 Å². The zero-order valence-electron chi connectivity index (χ0n) is 10.2. The molecule has 0 N–H and O–H groups in total. The van der Waals surface area contributed by atoms with Crippen LogP contribution in [0.3, 0.4) is 0 Å². The van der Waals surface area contributed by atoms with Gasteiger partial charge < -0.3 is 9.47 Å². The molecule has 1 atom stereocenters. The summed E-state index contributed by atoms with van der Waals surface area (Å²) in [7, 11) is 1.61. The highest BCUT2D eigenvalue weighted by Crippen LogP contribution is 2.23. The van der Waals surface area contributed by atoms with E-state index >= 15 is 0 Å². The van der Waals surface area contributed by atoms with Crippen LogP contribution in [0.4, 0.5) is 0 Å². The van der Waals surface area contributed by atoms with Crippen molar-refractivity contribution in [2.24, 2.45) is 0 Å². The van der Waals surface area contributed by atoms with E-state index in [1.165, 1.54) is 32.1 Å². The summed E-state index contributed by atoms with van der Waals surface area (Å²) in [5.74, 6) is 2.64. The fourth-order valence-electron chi connectivity index (χ4n) is 2.01. The Hall–Kier alpha value is -0.780. The van der Waals surface area contributed by atoms with Crippen LogP contribution in [0.5, 0.6) is 0 Å². The van der Waals surface area contributed by atoms with Crippen molar-refractivity contribution in [3.63, 3.8) is 0 Å². The topological polar surface area (TPSA) is 18.5 Å². The third-order valence-corrected chi connectivity index (χ3v) is 2.93. The Kier molecular flexibility index (Phi) is 6.96. The monoisotopic (exact) mass is 222 g/mol. The Balaban J connectivity index is 2.19. The first-order chi connectivity index (χ1) is 7.86. The van der Waals surface area contributed by atoms with Crippen LogP contribution in [-0.2, 0) is 9.47 Å². The molecule has 1 unspecified atom stereocenters. The van der Waals surface area contributed by atoms with Gasteiger partial charge in [-0.2, -0.15) is 0 Å². The van der Waals surface area contributed by atoms with Gasteiger partial charge in [0.2, 0.25) is 0 Å². The number of allylic oxidation sites excluding steroid dienone is 2. The highest BCUT2D eigenvalue weighted by Gasteiger charge is 2.06. The Labute approximate surface area is 99.0 Å². The van der Waals surface area contributed by atoms with Gasteiger partial charge in [-0.25, -0.2) is 0 Å². The SMILES string of the molecule is C#CC(CCC=C1CCCCC1)OCOC. The lowest BCUT2D eigenvalue weighted by Crippen LogP contribution is -2.11. The number of hydrogen-bond acceptors (Lipinski definition) is 2. The van der Waals surface area contributed by atoms with E-state index in [-0.39, 0.29) is 12.9 Å². The maximum Gasteiger partial charge on any atom is 0.148 e. The van der Waals surface area contributed by atoms with Gasteiger partial charge in [0.15, 0.2) is 0 Å². The maximum absolute atomic E-state index is 5.38. The number of hydrogen-bond donors (Lipinski definition) is 0. The van der Waals surface area contributed by atoms with E-state index in [4.69, 9.17) is 15.9 Å². The van der Waals surface area contributed by atoms with Crippen LogP contribution < -0.4 is 0 Å². The predicted molar refractivity (Wildman–Crippen MR) is 66.0 cm³/mol. The molecule has 2 nitrogen and oxygen atoms in total. The Morgan fingerprint density at radius 3 is 2.75 bits per heavy atom. The molecule has 0 aliphatic heterocycles. The number of ether oxygens (including phenoxy) is 2. The minimum atomic E-state index is -0.111.